The Labute approximate surface area is 53.0 Å². The molecule has 0 fully saturated rings. The zero-order valence-corrected chi connectivity index (χ0v) is 5.42. The van der Waals surface area contributed by atoms with Gasteiger partial charge in [-0.3, -0.25) is 0 Å². The second-order valence-electron chi connectivity index (χ2n) is 0.761. The predicted octanol–water partition coefficient (Wildman–Crippen LogP) is 1.03. The van der Waals surface area contributed by atoms with Gasteiger partial charge in [-0.2, -0.15) is 0 Å². The standard InChI is InChI=1S/C3H4N2.HI/c1-2-5-3-4-1;/h1-3H,(H,4,5);1H. The highest BCUT2D eigenvalue weighted by Crippen LogP contribution is 1.62. The molecule has 2 nitrogen and oxygen atoms in total. The van der Waals surface area contributed by atoms with Crippen LogP contribution in [-0.4, -0.2) is 9.97 Å². The van der Waals surface area contributed by atoms with E-state index < -0.39 is 0 Å². The van der Waals surface area contributed by atoms with E-state index in [-0.39, 0.29) is 24.0 Å². The molecule has 0 spiro atoms. The van der Waals surface area contributed by atoms with Gasteiger partial charge in [0.1, 0.15) is 0 Å². The summed E-state index contributed by atoms with van der Waals surface area (Å²) in [7, 11) is 0. The fourth-order valence-electron chi connectivity index (χ4n) is 0.215. The van der Waals surface area contributed by atoms with Crippen LogP contribution in [-0.2, 0) is 0 Å². The third-order valence-electron chi connectivity index (χ3n) is 0.406. The zero-order valence-electron chi connectivity index (χ0n) is 3.09. The van der Waals surface area contributed by atoms with Crippen LogP contribution in [0.4, 0.5) is 0 Å². The van der Waals surface area contributed by atoms with Crippen molar-refractivity contribution >= 4 is 24.0 Å². The minimum atomic E-state index is 0. The van der Waals surface area contributed by atoms with Gasteiger partial charge in [-0.25, -0.2) is 4.98 Å². The third kappa shape index (κ3) is 1.40. The molecule has 0 aliphatic carbocycles. The van der Waals surface area contributed by atoms with E-state index in [1.54, 1.807) is 18.7 Å². The number of nitrogens with zero attached hydrogens (tertiary/aromatic N) is 1. The van der Waals surface area contributed by atoms with E-state index in [0.29, 0.717) is 0 Å². The number of hydrogen-bond acceptors (Lipinski definition) is 1. The fraction of sp³-hybridized carbons (Fsp3) is 0. The molecule has 6 heavy (non-hydrogen) atoms. The summed E-state index contributed by atoms with van der Waals surface area (Å²) < 4.78 is 0. The number of rotatable bonds is 0. The van der Waals surface area contributed by atoms with Gasteiger partial charge >= 0.3 is 0 Å². The summed E-state index contributed by atoms with van der Waals surface area (Å²) >= 11 is 0. The van der Waals surface area contributed by atoms with E-state index >= 15 is 0 Å². The van der Waals surface area contributed by atoms with Crippen molar-refractivity contribution in [2.45, 2.75) is 0 Å². The highest BCUT2D eigenvalue weighted by atomic mass is 127. The van der Waals surface area contributed by atoms with Gasteiger partial charge in [-0.05, 0) is 0 Å². The summed E-state index contributed by atoms with van der Waals surface area (Å²) in [6.07, 6.45) is 5.08. The first kappa shape index (κ1) is 5.94. The molecule has 3 heteroatoms. The van der Waals surface area contributed by atoms with Crippen molar-refractivity contribution in [1.29, 1.82) is 0 Å². The van der Waals surface area contributed by atoms with Crippen LogP contribution < -0.4 is 0 Å². The number of aromatic nitrogens is 2. The monoisotopic (exact) mass is 196 g/mol. The molecule has 0 saturated heterocycles. The molecule has 0 unspecified atom stereocenters. The fourth-order valence-corrected chi connectivity index (χ4v) is 0.215. The number of hydrogen-bond donors (Lipinski definition) is 1. The van der Waals surface area contributed by atoms with Crippen molar-refractivity contribution in [2.24, 2.45) is 0 Å². The Hall–Kier alpha value is -0.0600. The summed E-state index contributed by atoms with van der Waals surface area (Å²) in [5.41, 5.74) is 0. The molecule has 34 valence electrons. The normalized spacial score (nSPS) is 6.67. The van der Waals surface area contributed by atoms with Gasteiger partial charge < -0.3 is 4.98 Å². The average Bonchev–Trinajstić information content (AvgIpc) is 1.76. The molecule has 1 heterocycles. The predicted molar refractivity (Wildman–Crippen MR) is 34.0 cm³/mol. The lowest BCUT2D eigenvalue weighted by Gasteiger charge is -1.46. The molecule has 0 amide bonds. The summed E-state index contributed by atoms with van der Waals surface area (Å²) in [5.74, 6) is 0. The van der Waals surface area contributed by atoms with Gasteiger partial charge in [-0.15, -0.1) is 24.0 Å². The molecule has 0 aliphatic rings. The van der Waals surface area contributed by atoms with Crippen molar-refractivity contribution in [2.75, 3.05) is 0 Å². The van der Waals surface area contributed by atoms with Crippen LogP contribution in [0.5, 0.6) is 0 Å². The maximum atomic E-state index is 3.67. The molecule has 1 rings (SSSR count). The second kappa shape index (κ2) is 3.14. The minimum Gasteiger partial charge on any atom is -0.351 e. The van der Waals surface area contributed by atoms with E-state index in [9.17, 15) is 0 Å². The molecule has 0 bridgehead atoms. The van der Waals surface area contributed by atoms with Crippen LogP contribution in [0.15, 0.2) is 18.7 Å². The number of aromatic amines is 1. The number of nitrogens with one attached hydrogen (secondary N) is 1. The van der Waals surface area contributed by atoms with Crippen LogP contribution in [0, 0.1) is 0 Å². The highest BCUT2D eigenvalue weighted by molar-refractivity contribution is 14.0. The van der Waals surface area contributed by atoms with Gasteiger partial charge in [0.25, 0.3) is 0 Å². The summed E-state index contributed by atoms with van der Waals surface area (Å²) in [6.45, 7) is 0. The Bertz CT molecular complexity index is 65.3. The van der Waals surface area contributed by atoms with Gasteiger partial charge in [0, 0.05) is 12.4 Å². The van der Waals surface area contributed by atoms with Crippen LogP contribution in [0.1, 0.15) is 0 Å². The Balaban J connectivity index is 0.000000250. The van der Waals surface area contributed by atoms with E-state index in [4.69, 9.17) is 0 Å². The van der Waals surface area contributed by atoms with Gasteiger partial charge in [0.15, 0.2) is 0 Å². The highest BCUT2D eigenvalue weighted by Gasteiger charge is 1.56. The number of H-pyrrole nitrogens is 1. The quantitative estimate of drug-likeness (QED) is 0.616. The molecule has 1 N–H and O–H groups in total. The Morgan fingerprint density at radius 1 is 1.50 bits per heavy atom. The second-order valence-corrected chi connectivity index (χ2v) is 0.761. The van der Waals surface area contributed by atoms with Crippen molar-refractivity contribution in [3.8, 4) is 0 Å². The Morgan fingerprint density at radius 3 is 2.50 bits per heavy atom. The lowest BCUT2D eigenvalue weighted by atomic mass is 11.0. The first-order valence-electron chi connectivity index (χ1n) is 1.43. The van der Waals surface area contributed by atoms with Crippen LogP contribution in [0.2, 0.25) is 0 Å². The van der Waals surface area contributed by atoms with E-state index in [2.05, 4.69) is 9.97 Å². The molecule has 0 saturated carbocycles. The van der Waals surface area contributed by atoms with Crippen LogP contribution in [0.25, 0.3) is 0 Å². The summed E-state index contributed by atoms with van der Waals surface area (Å²) in [4.78, 5) is 6.42. The minimum absolute atomic E-state index is 0. The molecule has 1 aromatic rings. The van der Waals surface area contributed by atoms with E-state index in [0.717, 1.165) is 0 Å². The van der Waals surface area contributed by atoms with Crippen molar-refractivity contribution in [1.82, 2.24) is 9.97 Å². The maximum absolute atomic E-state index is 3.67. The molecule has 0 aromatic carbocycles. The first-order valence-corrected chi connectivity index (χ1v) is 1.43. The molecular weight excluding hydrogens is 191 g/mol. The Morgan fingerprint density at radius 2 is 2.33 bits per heavy atom. The lowest BCUT2D eigenvalue weighted by Crippen LogP contribution is -1.44. The van der Waals surface area contributed by atoms with Gasteiger partial charge in [0.2, 0.25) is 0 Å². The van der Waals surface area contributed by atoms with Gasteiger partial charge in [-0.1, -0.05) is 0 Å². The topological polar surface area (TPSA) is 28.7 Å². The smallest absolute Gasteiger partial charge is 0.0919 e. The zero-order chi connectivity index (χ0) is 3.54. The third-order valence-corrected chi connectivity index (χ3v) is 0.406. The molecule has 0 atom stereocenters. The largest absolute Gasteiger partial charge is 0.351 e. The van der Waals surface area contributed by atoms with Gasteiger partial charge in [0.05, 0.1) is 6.33 Å². The molecule has 1 aromatic heterocycles. The van der Waals surface area contributed by atoms with Crippen molar-refractivity contribution in [3.05, 3.63) is 18.7 Å². The van der Waals surface area contributed by atoms with Crippen LogP contribution >= 0.6 is 24.0 Å². The average molecular weight is 196 g/mol. The molecular formula is C3H5IN2. The van der Waals surface area contributed by atoms with E-state index in [1.807, 2.05) is 0 Å². The first-order chi connectivity index (χ1) is 2.50. The maximum Gasteiger partial charge on any atom is 0.0919 e. The Kier molecular flexibility index (Phi) is 3.11. The van der Waals surface area contributed by atoms with E-state index in [1.165, 1.54) is 0 Å². The number of imidazole rings is 1. The van der Waals surface area contributed by atoms with Crippen molar-refractivity contribution in [3.63, 3.8) is 0 Å². The number of halogens is 1. The summed E-state index contributed by atoms with van der Waals surface area (Å²) in [5, 5.41) is 0. The van der Waals surface area contributed by atoms with Crippen molar-refractivity contribution < 1.29 is 0 Å². The SMILES string of the molecule is I.c1c[nH]cn1. The molecule has 0 aliphatic heterocycles. The molecule has 0 radical (unpaired) electrons. The lowest BCUT2D eigenvalue weighted by molar-refractivity contribution is 1.31. The summed E-state index contributed by atoms with van der Waals surface area (Å²) in [6, 6.07) is 0. The van der Waals surface area contributed by atoms with Crippen LogP contribution in [0.3, 0.4) is 0 Å².